The smallest absolute Gasteiger partial charge is 0.220 e. The Labute approximate surface area is 472 Å². The summed E-state index contributed by atoms with van der Waals surface area (Å²) in [6.45, 7) is 0. The molecule has 0 saturated heterocycles. The molecule has 0 radical (unpaired) electrons. The minimum absolute atomic E-state index is 0.861. The number of hydrogen-bond acceptors (Lipinski definition) is 2. The molecule has 19 rings (SSSR count). The third-order valence-corrected chi connectivity index (χ3v) is 17.5. The zero-order chi connectivity index (χ0) is 54.0. The van der Waals surface area contributed by atoms with Crippen molar-refractivity contribution in [1.82, 2.24) is 41.6 Å². The predicted octanol–water partition coefficient (Wildman–Crippen LogP) is 18.1. The van der Waals surface area contributed by atoms with Crippen LogP contribution in [0.2, 0.25) is 0 Å². The van der Waals surface area contributed by atoms with Crippen molar-refractivity contribution >= 4 is 121 Å². The van der Waals surface area contributed by atoms with Gasteiger partial charge in [-0.15, -0.1) is 0 Å². The first-order valence-corrected chi connectivity index (χ1v) is 28.3. The summed E-state index contributed by atoms with van der Waals surface area (Å²) in [6, 6.07) is 98.9. The van der Waals surface area contributed by atoms with Crippen LogP contribution in [-0.4, -0.2) is 41.6 Å². The molecule has 0 aliphatic heterocycles. The van der Waals surface area contributed by atoms with Crippen molar-refractivity contribution in [3.05, 3.63) is 273 Å². The van der Waals surface area contributed by atoms with E-state index in [-0.39, 0.29) is 0 Å². The molecule has 0 unspecified atom stereocenters. The summed E-state index contributed by atoms with van der Waals surface area (Å²) >= 11 is 0. The Morgan fingerprint density at radius 1 is 0.217 bits per heavy atom. The molecule has 9 nitrogen and oxygen atoms in total. The summed E-state index contributed by atoms with van der Waals surface area (Å²) in [7, 11) is 0. The Morgan fingerprint density at radius 3 is 1.07 bits per heavy atom. The van der Waals surface area contributed by atoms with Gasteiger partial charge in [-0.05, 0) is 121 Å². The molecule has 12 aromatic carbocycles. The minimum atomic E-state index is 0.861. The third kappa shape index (κ3) is 5.93. The normalized spacial score (nSPS) is 12.3. The molecule has 9 heteroatoms. The van der Waals surface area contributed by atoms with Crippen molar-refractivity contribution in [2.75, 3.05) is 0 Å². The second kappa shape index (κ2) is 16.6. The van der Waals surface area contributed by atoms with Crippen LogP contribution in [0, 0.1) is 0 Å². The first kappa shape index (κ1) is 44.4. The molecule has 0 fully saturated rings. The standard InChI is InChI=1S/C74H45N9/c1-3-21-46(22-4-1)78-63-35-17-19-37-65(63)82-67-43-40-54-53-29-11-16-34-61(53)80(71(54)69(67)75-73(78)82)59-32-14-9-27-51(59)52-28-10-15-33-60(52)81-62-42-39-48(77-57-30-12-7-25-49(57)50-26-8-13-31-58(50)77)45-56(62)55-41-44-68-70(72(55)81)76-74-79(47-23-5-2-6-24-47)64-36-18-20-38-66(64)83(68)74/h1-45H. The second-order valence-corrected chi connectivity index (χ2v) is 21.8. The van der Waals surface area contributed by atoms with Crippen molar-refractivity contribution in [3.8, 4) is 39.6 Å². The largest absolute Gasteiger partial charge is 0.309 e. The SMILES string of the molecule is c1ccc(-n2c3ccccc3n3c4ccc5c6ccccc6n(-c6ccccc6-c6ccccc6-n6c7ccc(-n8c9ccccc9c9ccccc98)cc7c7ccc8c(nc9n(-c%10ccccc%10)c%10ccccc%10n89)c76)c5c4nc23)cc1. The average molecular weight is 1060 g/mol. The first-order chi connectivity index (χ1) is 41.2. The monoisotopic (exact) mass is 1060 g/mol. The van der Waals surface area contributed by atoms with Crippen LogP contribution in [0.4, 0.5) is 0 Å². The van der Waals surface area contributed by atoms with Crippen LogP contribution in [0.5, 0.6) is 0 Å². The first-order valence-electron chi connectivity index (χ1n) is 28.3. The minimum Gasteiger partial charge on any atom is -0.309 e. The molecule has 7 heterocycles. The van der Waals surface area contributed by atoms with Crippen LogP contribution in [0.15, 0.2) is 273 Å². The Hall–Kier alpha value is -11.4. The van der Waals surface area contributed by atoms with E-state index in [1.165, 1.54) is 27.2 Å². The van der Waals surface area contributed by atoms with Gasteiger partial charge in [-0.3, -0.25) is 17.9 Å². The molecular weight excluding hydrogens is 1010 g/mol. The van der Waals surface area contributed by atoms with Gasteiger partial charge in [-0.25, -0.2) is 9.97 Å². The van der Waals surface area contributed by atoms with Gasteiger partial charge in [0.25, 0.3) is 0 Å². The number of benzene rings is 12. The molecule has 0 saturated carbocycles. The van der Waals surface area contributed by atoms with Crippen LogP contribution in [-0.2, 0) is 0 Å². The summed E-state index contributed by atoms with van der Waals surface area (Å²) in [5.74, 6) is 1.73. The number of imidazole rings is 4. The Balaban J connectivity index is 0.909. The fourth-order valence-corrected chi connectivity index (χ4v) is 14.2. The molecule has 0 atom stereocenters. The maximum Gasteiger partial charge on any atom is 0.220 e. The van der Waals surface area contributed by atoms with Crippen LogP contribution < -0.4 is 0 Å². The fraction of sp³-hybridized carbons (Fsp3) is 0. The van der Waals surface area contributed by atoms with Gasteiger partial charge < -0.3 is 13.7 Å². The van der Waals surface area contributed by atoms with Crippen LogP contribution >= 0.6 is 0 Å². The number of para-hydroxylation sites is 11. The van der Waals surface area contributed by atoms with Gasteiger partial charge in [0.05, 0.1) is 77.6 Å². The summed E-state index contributed by atoms with van der Waals surface area (Å²) in [5, 5.41) is 7.05. The molecule has 0 N–H and O–H groups in total. The molecular formula is C74H45N9. The van der Waals surface area contributed by atoms with E-state index < -0.39 is 0 Å². The molecule has 0 aliphatic rings. The van der Waals surface area contributed by atoms with Crippen LogP contribution in [0.1, 0.15) is 0 Å². The molecule has 0 aliphatic carbocycles. The van der Waals surface area contributed by atoms with Gasteiger partial charge in [0.1, 0.15) is 11.0 Å². The molecule has 7 aromatic heterocycles. The van der Waals surface area contributed by atoms with Gasteiger partial charge in [0.15, 0.2) is 0 Å². The van der Waals surface area contributed by atoms with Crippen molar-refractivity contribution < 1.29 is 0 Å². The van der Waals surface area contributed by atoms with Gasteiger partial charge in [-0.2, -0.15) is 0 Å². The van der Waals surface area contributed by atoms with Crippen molar-refractivity contribution in [1.29, 1.82) is 0 Å². The van der Waals surface area contributed by atoms with E-state index in [1.54, 1.807) is 0 Å². The molecule has 0 bridgehead atoms. The highest BCUT2D eigenvalue weighted by Crippen LogP contribution is 2.46. The van der Waals surface area contributed by atoms with Crippen molar-refractivity contribution in [2.24, 2.45) is 0 Å². The maximum absolute atomic E-state index is 5.79. The summed E-state index contributed by atoms with van der Waals surface area (Å²) < 4.78 is 16.7. The van der Waals surface area contributed by atoms with E-state index >= 15 is 0 Å². The lowest BCUT2D eigenvalue weighted by Crippen LogP contribution is -2.02. The Kier molecular flexibility index (Phi) is 8.87. The van der Waals surface area contributed by atoms with Crippen molar-refractivity contribution in [2.45, 2.75) is 0 Å². The lowest BCUT2D eigenvalue weighted by molar-refractivity contribution is 1.11. The van der Waals surface area contributed by atoms with E-state index in [2.05, 4.69) is 305 Å². The zero-order valence-electron chi connectivity index (χ0n) is 44.5. The number of aromatic nitrogens is 9. The average Bonchev–Trinajstić information content (AvgIpc) is 3.47. The number of rotatable bonds is 6. The highest BCUT2D eigenvalue weighted by atomic mass is 15.2. The number of fused-ring (bicyclic) bond motifs is 21. The van der Waals surface area contributed by atoms with Gasteiger partial charge in [-0.1, -0.05) is 152 Å². The third-order valence-electron chi connectivity index (χ3n) is 17.5. The van der Waals surface area contributed by atoms with E-state index in [4.69, 9.17) is 9.97 Å². The zero-order valence-corrected chi connectivity index (χ0v) is 44.5. The topological polar surface area (TPSA) is 59.2 Å². The molecule has 0 spiro atoms. The summed E-state index contributed by atoms with van der Waals surface area (Å²) in [5.41, 5.74) is 22.5. The highest BCUT2D eigenvalue weighted by Gasteiger charge is 2.27. The van der Waals surface area contributed by atoms with Gasteiger partial charge in [0.2, 0.25) is 11.6 Å². The van der Waals surface area contributed by atoms with E-state index in [1.807, 2.05) is 0 Å². The second-order valence-electron chi connectivity index (χ2n) is 21.8. The lowest BCUT2D eigenvalue weighted by Gasteiger charge is -2.18. The van der Waals surface area contributed by atoms with E-state index in [0.29, 0.717) is 0 Å². The van der Waals surface area contributed by atoms with Gasteiger partial charge >= 0.3 is 0 Å². The number of hydrogen-bond donors (Lipinski definition) is 0. The van der Waals surface area contributed by atoms with E-state index in [9.17, 15) is 0 Å². The maximum atomic E-state index is 5.79. The van der Waals surface area contributed by atoms with E-state index in [0.717, 1.165) is 133 Å². The molecule has 19 aromatic rings. The lowest BCUT2D eigenvalue weighted by atomic mass is 10.0. The Morgan fingerprint density at radius 2 is 0.578 bits per heavy atom. The summed E-state index contributed by atoms with van der Waals surface area (Å²) in [4.78, 5) is 11.5. The van der Waals surface area contributed by atoms with Crippen LogP contribution in [0.3, 0.4) is 0 Å². The molecule has 386 valence electrons. The van der Waals surface area contributed by atoms with Crippen molar-refractivity contribution in [3.63, 3.8) is 0 Å². The highest BCUT2D eigenvalue weighted by molar-refractivity contribution is 6.21. The molecule has 0 amide bonds. The Bertz CT molecular complexity index is 5880. The quantitative estimate of drug-likeness (QED) is 0.167. The summed E-state index contributed by atoms with van der Waals surface area (Å²) in [6.07, 6.45) is 0. The fourth-order valence-electron chi connectivity index (χ4n) is 14.2. The predicted molar refractivity (Wildman–Crippen MR) is 341 cm³/mol. The van der Waals surface area contributed by atoms with Gasteiger partial charge in [0, 0.05) is 60.5 Å². The molecule has 83 heavy (non-hydrogen) atoms. The van der Waals surface area contributed by atoms with Crippen LogP contribution in [0.25, 0.3) is 161 Å². The number of nitrogens with zero attached hydrogens (tertiary/aromatic N) is 9.